The van der Waals surface area contributed by atoms with Gasteiger partial charge in [0.05, 0.1) is 0 Å². The van der Waals surface area contributed by atoms with Gasteiger partial charge in [-0.1, -0.05) is 36.8 Å². The molecule has 0 heterocycles. The Kier molecular flexibility index (Phi) is 4.89. The number of benzene rings is 2. The van der Waals surface area contributed by atoms with E-state index in [1.807, 2.05) is 25.1 Å². The summed E-state index contributed by atoms with van der Waals surface area (Å²) in [7, 11) is 0. The lowest BCUT2D eigenvalue weighted by molar-refractivity contribution is -0.134. The molecule has 2 aromatic carbocycles. The average Bonchev–Trinajstić information content (AvgIpc) is 3.40. The van der Waals surface area contributed by atoms with Crippen LogP contribution in [-0.2, 0) is 11.4 Å². The first-order chi connectivity index (χ1) is 11.6. The van der Waals surface area contributed by atoms with E-state index in [-0.39, 0.29) is 5.97 Å². The van der Waals surface area contributed by atoms with Crippen molar-refractivity contribution in [1.82, 2.24) is 0 Å². The van der Waals surface area contributed by atoms with Crippen LogP contribution >= 0.6 is 0 Å². The summed E-state index contributed by atoms with van der Waals surface area (Å²) in [4.78, 5) is 11.6. The fourth-order valence-corrected chi connectivity index (χ4v) is 2.81. The number of esters is 1. The summed E-state index contributed by atoms with van der Waals surface area (Å²) in [5, 5.41) is 0. The molecule has 0 saturated heterocycles. The third-order valence-corrected chi connectivity index (χ3v) is 4.43. The van der Waals surface area contributed by atoms with Gasteiger partial charge in [0.25, 0.3) is 0 Å². The zero-order valence-corrected chi connectivity index (χ0v) is 14.6. The minimum Gasteiger partial charge on any atom is -0.488 e. The summed E-state index contributed by atoms with van der Waals surface area (Å²) < 4.78 is 11.6. The van der Waals surface area contributed by atoms with E-state index in [1.54, 1.807) is 6.92 Å². The molecule has 0 unspecified atom stereocenters. The van der Waals surface area contributed by atoms with E-state index in [2.05, 4.69) is 25.1 Å². The van der Waals surface area contributed by atoms with Crippen molar-refractivity contribution in [3.05, 3.63) is 58.7 Å². The second-order valence-corrected chi connectivity index (χ2v) is 6.48. The molecular weight excluding hydrogens is 300 g/mol. The van der Waals surface area contributed by atoms with Gasteiger partial charge in [-0.05, 0) is 55.9 Å². The van der Waals surface area contributed by atoms with Gasteiger partial charge in [0, 0.05) is 12.0 Å². The molecule has 1 saturated carbocycles. The third-order valence-electron chi connectivity index (χ3n) is 4.43. The number of carbonyl (C=O) groups excluding carboxylic acids is 1. The normalized spacial score (nSPS) is 13.6. The van der Waals surface area contributed by atoms with Crippen LogP contribution in [0.25, 0.3) is 0 Å². The zero-order chi connectivity index (χ0) is 17.1. The number of hydrogen-bond acceptors (Lipinski definition) is 3. The molecule has 0 amide bonds. The Labute approximate surface area is 143 Å². The number of ether oxygens (including phenoxy) is 2. The van der Waals surface area contributed by atoms with Crippen LogP contribution in [0, 0.1) is 13.8 Å². The first-order valence-corrected chi connectivity index (χ1v) is 8.61. The maximum absolute atomic E-state index is 11.6. The lowest BCUT2D eigenvalue weighted by Crippen LogP contribution is -2.09. The molecule has 3 rings (SSSR count). The molecule has 0 atom stereocenters. The Morgan fingerprint density at radius 2 is 1.92 bits per heavy atom. The Morgan fingerprint density at radius 1 is 1.12 bits per heavy atom. The fourth-order valence-electron chi connectivity index (χ4n) is 2.81. The second-order valence-electron chi connectivity index (χ2n) is 6.48. The van der Waals surface area contributed by atoms with Gasteiger partial charge in [-0.2, -0.15) is 0 Å². The van der Waals surface area contributed by atoms with Gasteiger partial charge >= 0.3 is 5.97 Å². The second kappa shape index (κ2) is 7.08. The monoisotopic (exact) mass is 324 g/mol. The third kappa shape index (κ3) is 3.78. The lowest BCUT2D eigenvalue weighted by Gasteiger charge is -2.16. The summed E-state index contributed by atoms with van der Waals surface area (Å²) in [5.74, 6) is 1.95. The van der Waals surface area contributed by atoms with E-state index in [9.17, 15) is 4.79 Å². The summed E-state index contributed by atoms with van der Waals surface area (Å²) in [6.07, 6.45) is 2.84. The maximum Gasteiger partial charge on any atom is 0.310 e. The van der Waals surface area contributed by atoms with E-state index in [4.69, 9.17) is 9.47 Å². The minimum absolute atomic E-state index is 0.226. The Balaban J connectivity index is 1.81. The van der Waals surface area contributed by atoms with Crippen molar-refractivity contribution in [3.8, 4) is 11.5 Å². The molecule has 3 heteroatoms. The molecule has 0 aliphatic heterocycles. The van der Waals surface area contributed by atoms with Gasteiger partial charge in [-0.25, -0.2) is 0 Å². The summed E-state index contributed by atoms with van der Waals surface area (Å²) in [6, 6.07) is 12.1. The van der Waals surface area contributed by atoms with Crippen LogP contribution in [0.2, 0.25) is 0 Å². The van der Waals surface area contributed by atoms with E-state index < -0.39 is 0 Å². The van der Waals surface area contributed by atoms with E-state index >= 15 is 0 Å². The summed E-state index contributed by atoms with van der Waals surface area (Å²) >= 11 is 0. The minimum atomic E-state index is -0.226. The highest BCUT2D eigenvalue weighted by molar-refractivity contribution is 5.72. The van der Waals surface area contributed by atoms with Crippen molar-refractivity contribution in [3.63, 3.8) is 0 Å². The molecule has 1 aliphatic carbocycles. The van der Waals surface area contributed by atoms with Crippen molar-refractivity contribution in [2.75, 3.05) is 0 Å². The molecule has 2 aromatic rings. The smallest absolute Gasteiger partial charge is 0.310 e. The molecule has 1 fully saturated rings. The van der Waals surface area contributed by atoms with Crippen molar-refractivity contribution in [2.24, 2.45) is 0 Å². The SMILES string of the molecule is CCC(=O)Oc1cccc(C)c1COc1ccc(C)cc1C1CC1. The van der Waals surface area contributed by atoms with Crippen LogP contribution in [-0.4, -0.2) is 5.97 Å². The van der Waals surface area contributed by atoms with E-state index in [0.717, 1.165) is 16.9 Å². The molecule has 126 valence electrons. The van der Waals surface area contributed by atoms with Crippen molar-refractivity contribution < 1.29 is 14.3 Å². The van der Waals surface area contributed by atoms with Gasteiger partial charge < -0.3 is 9.47 Å². The van der Waals surface area contributed by atoms with Crippen LogP contribution in [0.1, 0.15) is 54.4 Å². The molecule has 0 N–H and O–H groups in total. The Hall–Kier alpha value is -2.29. The summed E-state index contributed by atoms with van der Waals surface area (Å²) in [6.45, 7) is 6.32. The molecule has 1 aliphatic rings. The van der Waals surface area contributed by atoms with Crippen LogP contribution in [0.5, 0.6) is 11.5 Å². The zero-order valence-electron chi connectivity index (χ0n) is 14.6. The highest BCUT2D eigenvalue weighted by Crippen LogP contribution is 2.44. The van der Waals surface area contributed by atoms with Gasteiger partial charge in [0.2, 0.25) is 0 Å². The maximum atomic E-state index is 11.6. The number of rotatable bonds is 6. The summed E-state index contributed by atoms with van der Waals surface area (Å²) in [5.41, 5.74) is 4.56. The van der Waals surface area contributed by atoms with Crippen molar-refractivity contribution in [1.29, 1.82) is 0 Å². The quantitative estimate of drug-likeness (QED) is 0.549. The highest BCUT2D eigenvalue weighted by Gasteiger charge is 2.27. The Bertz CT molecular complexity index is 745. The molecule has 0 bridgehead atoms. The Morgan fingerprint density at radius 3 is 2.62 bits per heavy atom. The topological polar surface area (TPSA) is 35.5 Å². The molecular formula is C21H24O3. The molecule has 0 aromatic heterocycles. The first kappa shape index (κ1) is 16.6. The highest BCUT2D eigenvalue weighted by atomic mass is 16.5. The fraction of sp³-hybridized carbons (Fsp3) is 0.381. The molecule has 24 heavy (non-hydrogen) atoms. The van der Waals surface area contributed by atoms with Gasteiger partial charge in [0.15, 0.2) is 0 Å². The average molecular weight is 324 g/mol. The number of carbonyl (C=O) groups is 1. The van der Waals surface area contributed by atoms with Crippen molar-refractivity contribution >= 4 is 5.97 Å². The predicted molar refractivity (Wildman–Crippen MR) is 94.6 cm³/mol. The standard InChI is InChI=1S/C21H24O3/c1-4-21(22)24-20-7-5-6-15(3)18(20)13-23-19-11-8-14(2)12-17(19)16-9-10-16/h5-8,11-12,16H,4,9-10,13H2,1-3H3. The van der Waals surface area contributed by atoms with E-state index in [0.29, 0.717) is 24.7 Å². The van der Waals surface area contributed by atoms with Gasteiger partial charge in [0.1, 0.15) is 18.1 Å². The van der Waals surface area contributed by atoms with E-state index in [1.165, 1.54) is 24.0 Å². The van der Waals surface area contributed by atoms with Gasteiger partial charge in [-0.3, -0.25) is 4.79 Å². The lowest BCUT2D eigenvalue weighted by atomic mass is 10.1. The number of aryl methyl sites for hydroxylation is 2. The molecule has 0 radical (unpaired) electrons. The van der Waals surface area contributed by atoms with Crippen LogP contribution in [0.15, 0.2) is 36.4 Å². The number of hydrogen-bond donors (Lipinski definition) is 0. The predicted octanol–water partition coefficient (Wildman–Crippen LogP) is 5.08. The van der Waals surface area contributed by atoms with Crippen LogP contribution in [0.4, 0.5) is 0 Å². The van der Waals surface area contributed by atoms with Crippen LogP contribution in [0.3, 0.4) is 0 Å². The van der Waals surface area contributed by atoms with Crippen molar-refractivity contribution in [2.45, 2.75) is 52.6 Å². The van der Waals surface area contributed by atoms with Gasteiger partial charge in [-0.15, -0.1) is 0 Å². The first-order valence-electron chi connectivity index (χ1n) is 8.61. The molecule has 0 spiro atoms. The van der Waals surface area contributed by atoms with Crippen LogP contribution < -0.4 is 9.47 Å². The molecule has 3 nitrogen and oxygen atoms in total. The largest absolute Gasteiger partial charge is 0.488 e.